The fourth-order valence-corrected chi connectivity index (χ4v) is 2.82. The molecule has 0 aliphatic carbocycles. The smallest absolute Gasteiger partial charge is 0.303 e. The summed E-state index contributed by atoms with van der Waals surface area (Å²) in [5, 5.41) is 11.6. The number of nitrogens with zero attached hydrogens (tertiary/aromatic N) is 3. The summed E-state index contributed by atoms with van der Waals surface area (Å²) in [5.41, 5.74) is 2.95. The number of aliphatic hydroxyl groups excluding tert-OH is 1. The van der Waals surface area contributed by atoms with Crippen molar-refractivity contribution in [2.24, 2.45) is 0 Å². The van der Waals surface area contributed by atoms with Gasteiger partial charge < -0.3 is 23.6 Å². The van der Waals surface area contributed by atoms with Gasteiger partial charge >= 0.3 is 12.0 Å². The summed E-state index contributed by atoms with van der Waals surface area (Å²) in [7, 11) is 1.69. The van der Waals surface area contributed by atoms with Crippen molar-refractivity contribution in [3.8, 4) is 0 Å². The molecule has 0 spiro atoms. The van der Waals surface area contributed by atoms with Crippen molar-refractivity contribution in [1.29, 1.82) is 0 Å². The van der Waals surface area contributed by atoms with Crippen LogP contribution in [0, 0.1) is 0 Å². The predicted octanol–water partition coefficient (Wildman–Crippen LogP) is 2.79. The van der Waals surface area contributed by atoms with Gasteiger partial charge in [0, 0.05) is 19.2 Å². The van der Waals surface area contributed by atoms with Gasteiger partial charge in [0.15, 0.2) is 11.2 Å². The van der Waals surface area contributed by atoms with Crippen molar-refractivity contribution in [1.82, 2.24) is 14.9 Å². The number of carbonyl (C=O) groups is 1. The van der Waals surface area contributed by atoms with Crippen LogP contribution in [0.3, 0.4) is 0 Å². The van der Waals surface area contributed by atoms with Crippen LogP contribution in [0.2, 0.25) is 0 Å². The summed E-state index contributed by atoms with van der Waals surface area (Å²) in [6.45, 7) is 0.983. The minimum atomic E-state index is -0.157. The van der Waals surface area contributed by atoms with E-state index in [1.807, 2.05) is 24.3 Å². The lowest BCUT2D eigenvalue weighted by molar-refractivity contribution is 0.0618. The van der Waals surface area contributed by atoms with Gasteiger partial charge in [-0.15, -0.1) is 0 Å². The molecule has 2 aromatic carbocycles. The summed E-state index contributed by atoms with van der Waals surface area (Å²) in [5.74, 6) is -0.157. The van der Waals surface area contributed by atoms with E-state index in [2.05, 4.69) is 15.3 Å². The molecule has 29 heavy (non-hydrogen) atoms. The molecule has 0 unspecified atom stereocenters. The zero-order valence-electron chi connectivity index (χ0n) is 15.8. The SMILES string of the molecule is CN(CCOCCO)C(=O)c1ccc2oc(Nc3nc4ccccc4o3)nc2c1. The third-order valence-corrected chi connectivity index (χ3v) is 4.30. The molecule has 4 rings (SSSR count). The van der Waals surface area contributed by atoms with Gasteiger partial charge in [0.25, 0.3) is 5.91 Å². The first-order valence-corrected chi connectivity index (χ1v) is 9.11. The van der Waals surface area contributed by atoms with Crippen LogP contribution < -0.4 is 5.32 Å². The van der Waals surface area contributed by atoms with E-state index in [1.54, 1.807) is 30.1 Å². The fraction of sp³-hybridized carbons (Fsp3) is 0.250. The topological polar surface area (TPSA) is 114 Å². The van der Waals surface area contributed by atoms with Crippen molar-refractivity contribution < 1.29 is 23.5 Å². The van der Waals surface area contributed by atoms with Crippen LogP contribution in [0.4, 0.5) is 12.0 Å². The quantitative estimate of drug-likeness (QED) is 0.437. The number of ether oxygens (including phenoxy) is 1. The van der Waals surface area contributed by atoms with Gasteiger partial charge in [-0.1, -0.05) is 12.1 Å². The van der Waals surface area contributed by atoms with E-state index in [1.165, 1.54) is 0 Å². The number of likely N-dealkylation sites (N-methyl/N-ethyl adjacent to an activating group) is 1. The highest BCUT2D eigenvalue weighted by Gasteiger charge is 2.15. The minimum absolute atomic E-state index is 0.0413. The molecule has 0 aliphatic rings. The lowest BCUT2D eigenvalue weighted by atomic mass is 10.2. The first-order valence-electron chi connectivity index (χ1n) is 9.11. The third kappa shape index (κ3) is 4.20. The molecular weight excluding hydrogens is 376 g/mol. The number of aliphatic hydroxyl groups is 1. The standard InChI is InChI=1S/C20H20N4O5/c1-24(8-10-27-11-9-25)18(26)13-6-7-17-15(12-13)22-20(29-17)23-19-21-14-4-2-3-5-16(14)28-19/h2-7,12,25H,8-11H2,1H3,(H,21,22,23). The number of hydrogen-bond donors (Lipinski definition) is 2. The number of amides is 1. The number of fused-ring (bicyclic) bond motifs is 2. The first kappa shape index (κ1) is 18.9. The molecule has 2 heterocycles. The monoisotopic (exact) mass is 396 g/mol. The summed E-state index contributed by atoms with van der Waals surface area (Å²) in [4.78, 5) is 22.8. The molecule has 0 atom stereocenters. The van der Waals surface area contributed by atoms with Crippen LogP contribution in [0.5, 0.6) is 0 Å². The van der Waals surface area contributed by atoms with Crippen LogP contribution in [-0.2, 0) is 4.74 Å². The molecule has 9 nitrogen and oxygen atoms in total. The number of rotatable bonds is 8. The molecule has 9 heteroatoms. The summed E-state index contributed by atoms with van der Waals surface area (Å²) in [6.07, 6.45) is 0. The Kier molecular flexibility index (Phi) is 5.41. The first-order chi connectivity index (χ1) is 14.1. The van der Waals surface area contributed by atoms with Crippen LogP contribution in [0.25, 0.3) is 22.2 Å². The second-order valence-electron chi connectivity index (χ2n) is 6.38. The Bertz CT molecular complexity index is 1100. The number of para-hydroxylation sites is 2. The van der Waals surface area contributed by atoms with Gasteiger partial charge in [0.05, 0.1) is 19.8 Å². The van der Waals surface area contributed by atoms with Crippen LogP contribution in [0.1, 0.15) is 10.4 Å². The third-order valence-electron chi connectivity index (χ3n) is 4.30. The van der Waals surface area contributed by atoms with E-state index >= 15 is 0 Å². The van der Waals surface area contributed by atoms with E-state index in [-0.39, 0.29) is 31.2 Å². The van der Waals surface area contributed by atoms with E-state index in [0.29, 0.717) is 35.4 Å². The average molecular weight is 396 g/mol. The van der Waals surface area contributed by atoms with Gasteiger partial charge in [0.2, 0.25) is 0 Å². The molecule has 0 saturated carbocycles. The number of nitrogens with one attached hydrogen (secondary N) is 1. The maximum Gasteiger partial charge on any atom is 0.303 e. The largest absolute Gasteiger partial charge is 0.423 e. The molecule has 0 fully saturated rings. The number of hydrogen-bond acceptors (Lipinski definition) is 8. The van der Waals surface area contributed by atoms with E-state index < -0.39 is 0 Å². The van der Waals surface area contributed by atoms with E-state index in [4.69, 9.17) is 18.7 Å². The van der Waals surface area contributed by atoms with Gasteiger partial charge in [-0.3, -0.25) is 10.1 Å². The Morgan fingerprint density at radius 3 is 2.55 bits per heavy atom. The molecule has 4 aromatic rings. The Morgan fingerprint density at radius 2 is 1.79 bits per heavy atom. The Labute approximate surface area is 165 Å². The molecule has 0 bridgehead atoms. The zero-order chi connectivity index (χ0) is 20.2. The normalized spacial score (nSPS) is 11.2. The van der Waals surface area contributed by atoms with Crippen LogP contribution >= 0.6 is 0 Å². The molecule has 2 aromatic heterocycles. The molecule has 2 N–H and O–H groups in total. The zero-order valence-corrected chi connectivity index (χ0v) is 15.8. The predicted molar refractivity (Wildman–Crippen MR) is 106 cm³/mol. The van der Waals surface area contributed by atoms with Crippen LogP contribution in [-0.4, -0.2) is 59.3 Å². The maximum absolute atomic E-state index is 12.6. The molecular formula is C20H20N4O5. The highest BCUT2D eigenvalue weighted by atomic mass is 16.5. The van der Waals surface area contributed by atoms with Crippen molar-refractivity contribution in [2.45, 2.75) is 0 Å². The van der Waals surface area contributed by atoms with Crippen molar-refractivity contribution in [3.63, 3.8) is 0 Å². The van der Waals surface area contributed by atoms with Gasteiger partial charge in [-0.2, -0.15) is 9.97 Å². The summed E-state index contributed by atoms with van der Waals surface area (Å²) >= 11 is 0. The van der Waals surface area contributed by atoms with Crippen molar-refractivity contribution in [2.75, 3.05) is 38.7 Å². The van der Waals surface area contributed by atoms with Gasteiger partial charge in [-0.25, -0.2) is 0 Å². The molecule has 1 amide bonds. The highest BCUT2D eigenvalue weighted by molar-refractivity contribution is 5.97. The van der Waals surface area contributed by atoms with E-state index in [9.17, 15) is 4.79 Å². The summed E-state index contributed by atoms with van der Waals surface area (Å²) in [6, 6.07) is 13.0. The number of anilines is 2. The average Bonchev–Trinajstić information content (AvgIpc) is 3.32. The van der Waals surface area contributed by atoms with Gasteiger partial charge in [0.1, 0.15) is 11.0 Å². The second-order valence-corrected chi connectivity index (χ2v) is 6.38. The second kappa shape index (κ2) is 8.29. The highest BCUT2D eigenvalue weighted by Crippen LogP contribution is 2.25. The maximum atomic E-state index is 12.6. The number of carbonyl (C=O) groups excluding carboxylic acids is 1. The Hall–Kier alpha value is -3.43. The van der Waals surface area contributed by atoms with Crippen molar-refractivity contribution in [3.05, 3.63) is 48.0 Å². The lowest BCUT2D eigenvalue weighted by Gasteiger charge is -2.17. The Morgan fingerprint density at radius 1 is 1.07 bits per heavy atom. The molecule has 0 saturated heterocycles. The van der Waals surface area contributed by atoms with Crippen LogP contribution in [0.15, 0.2) is 51.3 Å². The number of benzene rings is 2. The van der Waals surface area contributed by atoms with E-state index in [0.717, 1.165) is 5.52 Å². The van der Waals surface area contributed by atoms with Gasteiger partial charge in [-0.05, 0) is 30.3 Å². The fourth-order valence-electron chi connectivity index (χ4n) is 2.82. The Balaban J connectivity index is 1.47. The molecule has 150 valence electrons. The lowest BCUT2D eigenvalue weighted by Crippen LogP contribution is -2.30. The molecule has 0 aliphatic heterocycles. The molecule has 0 radical (unpaired) electrons. The number of aromatic nitrogens is 2. The summed E-state index contributed by atoms with van der Waals surface area (Å²) < 4.78 is 16.5. The van der Waals surface area contributed by atoms with Crippen molar-refractivity contribution >= 4 is 40.1 Å². The minimum Gasteiger partial charge on any atom is -0.423 e. The number of oxazole rings is 2.